The van der Waals surface area contributed by atoms with Gasteiger partial charge in [0.25, 0.3) is 0 Å². The topological polar surface area (TPSA) is 30.0 Å². The number of Topliss-reactive ketones (excluding diaryl/α,β-unsaturated/α-hetero) is 1. The highest BCUT2D eigenvalue weighted by molar-refractivity contribution is 6.00. The van der Waals surface area contributed by atoms with Crippen molar-refractivity contribution in [3.63, 3.8) is 0 Å². The molecule has 1 aromatic heterocycles. The lowest BCUT2D eigenvalue weighted by Crippen LogP contribution is -2.24. The zero-order valence-electron chi connectivity index (χ0n) is 10.5. The third-order valence-electron chi connectivity index (χ3n) is 3.66. The summed E-state index contributed by atoms with van der Waals surface area (Å²) in [5.41, 5.74) is 2.74. The summed E-state index contributed by atoms with van der Waals surface area (Å²) in [7, 11) is 0. The lowest BCUT2D eigenvalue weighted by Gasteiger charge is -2.23. The zero-order chi connectivity index (χ0) is 13.2. The number of aryl methyl sites for hydroxylation is 1. The Morgan fingerprint density at radius 3 is 2.95 bits per heavy atom. The highest BCUT2D eigenvalue weighted by atomic mass is 19.1. The van der Waals surface area contributed by atoms with Crippen molar-refractivity contribution in [3.8, 4) is 0 Å². The van der Waals surface area contributed by atoms with E-state index in [1.54, 1.807) is 6.20 Å². The summed E-state index contributed by atoms with van der Waals surface area (Å²) < 4.78 is 13.1. The zero-order valence-corrected chi connectivity index (χ0v) is 10.5. The Balaban J connectivity index is 1.83. The summed E-state index contributed by atoms with van der Waals surface area (Å²) in [5, 5.41) is 0. The highest BCUT2D eigenvalue weighted by Crippen LogP contribution is 2.27. The number of ketones is 1. The van der Waals surface area contributed by atoms with E-state index in [0.29, 0.717) is 6.42 Å². The fraction of sp³-hybridized carbons (Fsp3) is 0.250. The Labute approximate surface area is 111 Å². The maximum absolute atomic E-state index is 13.1. The van der Waals surface area contributed by atoms with Gasteiger partial charge in [-0.3, -0.25) is 9.78 Å². The van der Waals surface area contributed by atoms with E-state index in [0.717, 1.165) is 29.5 Å². The van der Waals surface area contributed by atoms with Gasteiger partial charge in [-0.2, -0.15) is 0 Å². The van der Waals surface area contributed by atoms with Crippen molar-refractivity contribution in [2.45, 2.75) is 19.3 Å². The molecule has 3 heteroatoms. The third kappa shape index (κ3) is 2.41. The van der Waals surface area contributed by atoms with Crippen molar-refractivity contribution in [2.75, 3.05) is 0 Å². The van der Waals surface area contributed by atoms with Crippen LogP contribution >= 0.6 is 0 Å². The van der Waals surface area contributed by atoms with Crippen LogP contribution in [0.5, 0.6) is 0 Å². The molecule has 3 rings (SSSR count). The van der Waals surface area contributed by atoms with Crippen LogP contribution in [0.1, 0.15) is 27.9 Å². The van der Waals surface area contributed by atoms with Gasteiger partial charge in [-0.05, 0) is 36.5 Å². The monoisotopic (exact) mass is 255 g/mol. The molecular weight excluding hydrogens is 241 g/mol. The number of hydrogen-bond donors (Lipinski definition) is 0. The van der Waals surface area contributed by atoms with Crippen LogP contribution in [-0.2, 0) is 12.8 Å². The Morgan fingerprint density at radius 2 is 2.11 bits per heavy atom. The number of carbonyl (C=O) groups excluding carboxylic acids is 1. The molecule has 0 fully saturated rings. The van der Waals surface area contributed by atoms with Gasteiger partial charge in [-0.1, -0.05) is 24.3 Å². The number of halogens is 1. The van der Waals surface area contributed by atoms with Crippen molar-refractivity contribution in [1.82, 2.24) is 4.98 Å². The second kappa shape index (κ2) is 4.92. The summed E-state index contributed by atoms with van der Waals surface area (Å²) in [6.07, 6.45) is 5.12. The molecular formula is C16H14FNO. The van der Waals surface area contributed by atoms with E-state index < -0.39 is 0 Å². The van der Waals surface area contributed by atoms with Crippen LogP contribution in [0.3, 0.4) is 0 Å². The maximum Gasteiger partial charge on any atom is 0.166 e. The molecule has 0 bridgehead atoms. The molecule has 96 valence electrons. The number of nitrogens with zero attached hydrogens (tertiary/aromatic N) is 1. The average Bonchev–Trinajstić information content (AvgIpc) is 2.42. The molecule has 19 heavy (non-hydrogen) atoms. The van der Waals surface area contributed by atoms with E-state index in [4.69, 9.17) is 0 Å². The van der Waals surface area contributed by atoms with Crippen LogP contribution in [-0.4, -0.2) is 10.8 Å². The molecule has 1 heterocycles. The maximum atomic E-state index is 13.1. The van der Waals surface area contributed by atoms with Crippen LogP contribution in [0, 0.1) is 11.7 Å². The molecule has 1 aliphatic carbocycles. The van der Waals surface area contributed by atoms with Gasteiger partial charge >= 0.3 is 0 Å². The molecule has 0 saturated heterocycles. The number of fused-ring (bicyclic) bond motifs is 1. The molecule has 2 aromatic rings. The van der Waals surface area contributed by atoms with Gasteiger partial charge in [0.05, 0.1) is 6.20 Å². The summed E-state index contributed by atoms with van der Waals surface area (Å²) in [6.45, 7) is 0. The first-order valence-electron chi connectivity index (χ1n) is 6.45. The van der Waals surface area contributed by atoms with Gasteiger partial charge in [0.15, 0.2) is 5.78 Å². The second-order valence-corrected chi connectivity index (χ2v) is 4.97. The van der Waals surface area contributed by atoms with Crippen molar-refractivity contribution in [3.05, 3.63) is 65.2 Å². The standard InChI is InChI=1S/C16H14FNO/c17-14-8-11(9-18-10-14)7-13-6-5-12-3-1-2-4-15(12)16(13)19/h1-4,8-10,13H,5-7H2. The minimum atomic E-state index is -0.346. The van der Waals surface area contributed by atoms with E-state index in [-0.39, 0.29) is 17.5 Å². The van der Waals surface area contributed by atoms with Gasteiger partial charge in [-0.15, -0.1) is 0 Å². The summed E-state index contributed by atoms with van der Waals surface area (Å²) >= 11 is 0. The fourth-order valence-electron chi connectivity index (χ4n) is 2.71. The number of rotatable bonds is 2. The number of hydrogen-bond acceptors (Lipinski definition) is 2. The van der Waals surface area contributed by atoms with Gasteiger partial charge in [0.1, 0.15) is 5.82 Å². The Kier molecular flexibility index (Phi) is 3.11. The Hall–Kier alpha value is -2.03. The molecule has 1 atom stereocenters. The van der Waals surface area contributed by atoms with Crippen LogP contribution in [0.25, 0.3) is 0 Å². The van der Waals surface area contributed by atoms with Crippen LogP contribution < -0.4 is 0 Å². The Bertz CT molecular complexity index is 624. The first-order chi connectivity index (χ1) is 9.24. The van der Waals surface area contributed by atoms with Crippen molar-refractivity contribution in [1.29, 1.82) is 0 Å². The predicted molar refractivity (Wildman–Crippen MR) is 70.5 cm³/mol. The highest BCUT2D eigenvalue weighted by Gasteiger charge is 2.27. The van der Waals surface area contributed by atoms with Crippen molar-refractivity contribution < 1.29 is 9.18 Å². The van der Waals surface area contributed by atoms with Crippen LogP contribution in [0.2, 0.25) is 0 Å². The SMILES string of the molecule is O=C1c2ccccc2CCC1Cc1cncc(F)c1. The molecule has 0 saturated carbocycles. The second-order valence-electron chi connectivity index (χ2n) is 4.97. The summed E-state index contributed by atoms with van der Waals surface area (Å²) in [4.78, 5) is 16.2. The summed E-state index contributed by atoms with van der Waals surface area (Å²) in [6, 6.07) is 9.20. The molecule has 0 aliphatic heterocycles. The smallest absolute Gasteiger partial charge is 0.166 e. The molecule has 1 unspecified atom stereocenters. The molecule has 0 radical (unpaired) electrons. The van der Waals surface area contributed by atoms with E-state index in [2.05, 4.69) is 4.98 Å². The molecule has 2 nitrogen and oxygen atoms in total. The van der Waals surface area contributed by atoms with E-state index in [1.807, 2.05) is 24.3 Å². The van der Waals surface area contributed by atoms with Gasteiger partial charge in [0.2, 0.25) is 0 Å². The van der Waals surface area contributed by atoms with Crippen LogP contribution in [0.4, 0.5) is 4.39 Å². The lowest BCUT2D eigenvalue weighted by atomic mass is 9.80. The van der Waals surface area contributed by atoms with Gasteiger partial charge < -0.3 is 0 Å². The average molecular weight is 255 g/mol. The van der Waals surface area contributed by atoms with Gasteiger partial charge in [0, 0.05) is 17.7 Å². The molecule has 0 amide bonds. The first kappa shape index (κ1) is 12.0. The molecule has 0 N–H and O–H groups in total. The van der Waals surface area contributed by atoms with Crippen LogP contribution in [0.15, 0.2) is 42.7 Å². The number of pyridine rings is 1. The predicted octanol–water partition coefficient (Wildman–Crippen LogP) is 3.21. The third-order valence-corrected chi connectivity index (χ3v) is 3.66. The normalized spacial score (nSPS) is 18.2. The van der Waals surface area contributed by atoms with E-state index in [1.165, 1.54) is 12.3 Å². The van der Waals surface area contributed by atoms with E-state index in [9.17, 15) is 9.18 Å². The first-order valence-corrected chi connectivity index (χ1v) is 6.45. The number of carbonyl (C=O) groups is 1. The number of aromatic nitrogens is 1. The minimum Gasteiger partial charge on any atom is -0.294 e. The molecule has 1 aliphatic rings. The summed E-state index contributed by atoms with van der Waals surface area (Å²) in [5.74, 6) is -0.231. The lowest BCUT2D eigenvalue weighted by molar-refractivity contribution is 0.0901. The van der Waals surface area contributed by atoms with Crippen molar-refractivity contribution in [2.24, 2.45) is 5.92 Å². The van der Waals surface area contributed by atoms with Gasteiger partial charge in [-0.25, -0.2) is 4.39 Å². The fourth-order valence-corrected chi connectivity index (χ4v) is 2.71. The molecule has 0 spiro atoms. The Morgan fingerprint density at radius 1 is 1.26 bits per heavy atom. The van der Waals surface area contributed by atoms with Crippen molar-refractivity contribution >= 4 is 5.78 Å². The minimum absolute atomic E-state index is 0.0569. The molecule has 1 aromatic carbocycles. The number of benzene rings is 1. The largest absolute Gasteiger partial charge is 0.294 e. The van der Waals surface area contributed by atoms with E-state index >= 15 is 0 Å². The quantitative estimate of drug-likeness (QED) is 0.824.